The van der Waals surface area contributed by atoms with Gasteiger partial charge in [0, 0.05) is 4.88 Å². The lowest BCUT2D eigenvalue weighted by Crippen LogP contribution is -2.27. The predicted molar refractivity (Wildman–Crippen MR) is 70.7 cm³/mol. The lowest BCUT2D eigenvalue weighted by molar-refractivity contribution is 0.0955. The second-order valence-electron chi connectivity index (χ2n) is 4.32. The Morgan fingerprint density at radius 1 is 1.44 bits per heavy atom. The van der Waals surface area contributed by atoms with Gasteiger partial charge in [-0.25, -0.2) is 0 Å². The molecule has 3 N–H and O–H groups in total. The summed E-state index contributed by atoms with van der Waals surface area (Å²) < 4.78 is 0. The van der Waals surface area contributed by atoms with E-state index in [1.807, 2.05) is 0 Å². The van der Waals surface area contributed by atoms with E-state index in [9.17, 15) is 5.11 Å². The molecular weight excluding hydrogens is 218 g/mol. The van der Waals surface area contributed by atoms with Crippen LogP contribution in [0.4, 0.5) is 0 Å². The van der Waals surface area contributed by atoms with Crippen molar-refractivity contribution in [1.82, 2.24) is 0 Å². The van der Waals surface area contributed by atoms with E-state index < -0.39 is 0 Å². The van der Waals surface area contributed by atoms with Gasteiger partial charge in [0.15, 0.2) is 0 Å². The van der Waals surface area contributed by atoms with Gasteiger partial charge in [-0.3, -0.25) is 0 Å². The van der Waals surface area contributed by atoms with Crippen molar-refractivity contribution in [3.8, 4) is 0 Å². The minimum absolute atomic E-state index is 0.218. The molecule has 1 rings (SSSR count). The van der Waals surface area contributed by atoms with Crippen LogP contribution in [0.1, 0.15) is 37.5 Å². The van der Waals surface area contributed by atoms with Gasteiger partial charge >= 0.3 is 0 Å². The Bertz CT molecular complexity index is 261. The summed E-state index contributed by atoms with van der Waals surface area (Å²) in [5.74, 6) is 0.285. The van der Waals surface area contributed by atoms with Crippen molar-refractivity contribution in [3.63, 3.8) is 0 Å². The summed E-state index contributed by atoms with van der Waals surface area (Å²) in [6, 6.07) is 4.24. The number of aryl methyl sites for hydroxylation is 1. The van der Waals surface area contributed by atoms with Crippen molar-refractivity contribution in [2.75, 3.05) is 6.54 Å². The van der Waals surface area contributed by atoms with E-state index in [1.165, 1.54) is 4.88 Å². The lowest BCUT2D eigenvalue weighted by Gasteiger charge is -2.20. The first-order valence-corrected chi connectivity index (χ1v) is 7.06. The maximum Gasteiger partial charge on any atom is 0.0580 e. The summed E-state index contributed by atoms with van der Waals surface area (Å²) in [5.41, 5.74) is 5.67. The van der Waals surface area contributed by atoms with Crippen LogP contribution in [0.5, 0.6) is 0 Å². The fourth-order valence-electron chi connectivity index (χ4n) is 2.01. The molecule has 0 aliphatic carbocycles. The van der Waals surface area contributed by atoms with Crippen molar-refractivity contribution >= 4 is 11.3 Å². The summed E-state index contributed by atoms with van der Waals surface area (Å²) >= 11 is 1.79. The first kappa shape index (κ1) is 13.7. The standard InChI is InChI=1S/C13H23NOS/c1-2-5-11(10-14)13(15)8-3-6-12-7-4-9-16-12/h4,7,9,11,13,15H,2-3,5-6,8,10,14H2,1H3. The molecule has 16 heavy (non-hydrogen) atoms. The summed E-state index contributed by atoms with van der Waals surface area (Å²) in [6.45, 7) is 2.75. The molecule has 0 bridgehead atoms. The summed E-state index contributed by atoms with van der Waals surface area (Å²) in [6.07, 6.45) is 4.94. The zero-order valence-corrected chi connectivity index (χ0v) is 10.9. The summed E-state index contributed by atoms with van der Waals surface area (Å²) in [7, 11) is 0. The maximum atomic E-state index is 9.99. The molecule has 0 amide bonds. The normalized spacial score (nSPS) is 14.9. The molecule has 0 radical (unpaired) electrons. The van der Waals surface area contributed by atoms with Crippen LogP contribution >= 0.6 is 11.3 Å². The monoisotopic (exact) mass is 241 g/mol. The van der Waals surface area contributed by atoms with Crippen molar-refractivity contribution in [3.05, 3.63) is 22.4 Å². The van der Waals surface area contributed by atoms with Crippen molar-refractivity contribution in [1.29, 1.82) is 0 Å². The highest BCUT2D eigenvalue weighted by Crippen LogP contribution is 2.17. The van der Waals surface area contributed by atoms with Gasteiger partial charge in [0.05, 0.1) is 6.10 Å². The van der Waals surface area contributed by atoms with Crippen molar-refractivity contribution in [2.24, 2.45) is 11.7 Å². The maximum absolute atomic E-state index is 9.99. The van der Waals surface area contributed by atoms with Crippen LogP contribution in [-0.2, 0) is 6.42 Å². The van der Waals surface area contributed by atoms with Crippen LogP contribution in [0.3, 0.4) is 0 Å². The molecule has 92 valence electrons. The van der Waals surface area contributed by atoms with Crippen LogP contribution in [0.15, 0.2) is 17.5 Å². The number of aliphatic hydroxyl groups is 1. The number of rotatable bonds is 8. The first-order valence-electron chi connectivity index (χ1n) is 6.18. The minimum atomic E-state index is -0.218. The lowest BCUT2D eigenvalue weighted by atomic mass is 9.93. The van der Waals surface area contributed by atoms with E-state index in [4.69, 9.17) is 5.73 Å². The SMILES string of the molecule is CCCC(CN)C(O)CCCc1cccs1. The Kier molecular flexibility index (Phi) is 6.69. The smallest absolute Gasteiger partial charge is 0.0580 e. The van der Waals surface area contributed by atoms with Crippen molar-refractivity contribution in [2.45, 2.75) is 45.1 Å². The average molecular weight is 241 g/mol. The Balaban J connectivity index is 2.20. The molecule has 1 heterocycles. The molecule has 1 aromatic rings. The number of hydrogen-bond acceptors (Lipinski definition) is 3. The van der Waals surface area contributed by atoms with E-state index in [0.717, 1.165) is 32.1 Å². The van der Waals surface area contributed by atoms with Gasteiger partial charge in [0.1, 0.15) is 0 Å². The Labute approximate surface area is 102 Å². The minimum Gasteiger partial charge on any atom is -0.393 e. The largest absolute Gasteiger partial charge is 0.393 e. The molecule has 0 aromatic carbocycles. The summed E-state index contributed by atoms with van der Waals surface area (Å²) in [4.78, 5) is 1.41. The Hall–Kier alpha value is -0.380. The van der Waals surface area contributed by atoms with Gasteiger partial charge in [0.25, 0.3) is 0 Å². The van der Waals surface area contributed by atoms with Crippen LogP contribution in [0.2, 0.25) is 0 Å². The number of nitrogens with two attached hydrogens (primary N) is 1. The first-order chi connectivity index (χ1) is 7.77. The van der Waals surface area contributed by atoms with E-state index in [0.29, 0.717) is 6.54 Å². The number of hydrogen-bond donors (Lipinski definition) is 2. The van der Waals surface area contributed by atoms with Gasteiger partial charge in [0.2, 0.25) is 0 Å². The molecule has 0 aliphatic rings. The average Bonchev–Trinajstić information content (AvgIpc) is 2.78. The van der Waals surface area contributed by atoms with Crippen LogP contribution in [0, 0.1) is 5.92 Å². The molecule has 2 atom stereocenters. The predicted octanol–water partition coefficient (Wildman–Crippen LogP) is 2.81. The molecule has 0 saturated carbocycles. The Morgan fingerprint density at radius 2 is 2.25 bits per heavy atom. The fraction of sp³-hybridized carbons (Fsp3) is 0.692. The van der Waals surface area contributed by atoms with Gasteiger partial charge in [-0.1, -0.05) is 19.4 Å². The molecule has 3 heteroatoms. The highest BCUT2D eigenvalue weighted by atomic mass is 32.1. The molecule has 0 aliphatic heterocycles. The molecular formula is C13H23NOS. The zero-order valence-electron chi connectivity index (χ0n) is 10.1. The topological polar surface area (TPSA) is 46.2 Å². The van der Waals surface area contributed by atoms with Crippen LogP contribution in [-0.4, -0.2) is 17.8 Å². The second-order valence-corrected chi connectivity index (χ2v) is 5.36. The third kappa shape index (κ3) is 4.64. The second kappa shape index (κ2) is 7.82. The fourth-order valence-corrected chi connectivity index (χ4v) is 2.77. The molecule has 0 fully saturated rings. The van der Waals surface area contributed by atoms with E-state index in [-0.39, 0.29) is 12.0 Å². The highest BCUT2D eigenvalue weighted by Gasteiger charge is 2.16. The van der Waals surface area contributed by atoms with Crippen LogP contribution in [0.25, 0.3) is 0 Å². The van der Waals surface area contributed by atoms with Gasteiger partial charge in [-0.15, -0.1) is 11.3 Å². The zero-order chi connectivity index (χ0) is 11.8. The van der Waals surface area contributed by atoms with Gasteiger partial charge < -0.3 is 10.8 Å². The quantitative estimate of drug-likeness (QED) is 0.735. The van der Waals surface area contributed by atoms with Gasteiger partial charge in [-0.2, -0.15) is 0 Å². The van der Waals surface area contributed by atoms with E-state index in [2.05, 4.69) is 24.4 Å². The number of aliphatic hydroxyl groups excluding tert-OH is 1. The Morgan fingerprint density at radius 3 is 2.81 bits per heavy atom. The van der Waals surface area contributed by atoms with Gasteiger partial charge in [-0.05, 0) is 49.6 Å². The highest BCUT2D eigenvalue weighted by molar-refractivity contribution is 7.09. The molecule has 2 nitrogen and oxygen atoms in total. The third-order valence-corrected chi connectivity index (χ3v) is 3.95. The molecule has 1 aromatic heterocycles. The van der Waals surface area contributed by atoms with E-state index >= 15 is 0 Å². The van der Waals surface area contributed by atoms with Crippen molar-refractivity contribution < 1.29 is 5.11 Å². The molecule has 0 saturated heterocycles. The summed E-state index contributed by atoms with van der Waals surface area (Å²) in [5, 5.41) is 12.1. The third-order valence-electron chi connectivity index (χ3n) is 3.01. The molecule has 0 spiro atoms. The van der Waals surface area contributed by atoms with E-state index in [1.54, 1.807) is 11.3 Å². The molecule has 2 unspecified atom stereocenters. The van der Waals surface area contributed by atoms with Crippen LogP contribution < -0.4 is 5.73 Å². The number of thiophene rings is 1.